The minimum absolute atomic E-state index is 0.0272. The van der Waals surface area contributed by atoms with E-state index in [1.54, 1.807) is 29.3 Å². The van der Waals surface area contributed by atoms with Crippen LogP contribution in [0.1, 0.15) is 23.2 Å². The molecule has 2 aliphatic rings. The topological polar surface area (TPSA) is 38.8 Å². The smallest absolute Gasteiger partial charge is 0.357 e. The van der Waals surface area contributed by atoms with E-state index in [4.69, 9.17) is 9.57 Å². The van der Waals surface area contributed by atoms with Crippen molar-refractivity contribution < 1.29 is 18.8 Å². The van der Waals surface area contributed by atoms with Crippen LogP contribution in [-0.4, -0.2) is 33.6 Å². The number of ether oxygens (including phenoxy) is 1. The summed E-state index contributed by atoms with van der Waals surface area (Å²) in [5.41, 5.74) is 0.560. The maximum atomic E-state index is 13.0. The zero-order valence-electron chi connectivity index (χ0n) is 14.1. The number of carbonyl (C=O) groups is 1. The lowest BCUT2D eigenvalue weighted by atomic mass is 10.0. The molecule has 0 bridgehead atoms. The van der Waals surface area contributed by atoms with E-state index in [-0.39, 0.29) is 21.3 Å². The first-order chi connectivity index (χ1) is 12.5. The zero-order chi connectivity index (χ0) is 18.1. The van der Waals surface area contributed by atoms with Crippen LogP contribution in [0.5, 0.6) is 5.75 Å². The van der Waals surface area contributed by atoms with Gasteiger partial charge in [0, 0.05) is 22.9 Å². The number of rotatable bonds is 4. The van der Waals surface area contributed by atoms with Crippen LogP contribution >= 0.6 is 22.6 Å². The molecule has 4 rings (SSSR count). The third-order valence-corrected chi connectivity index (χ3v) is 6.71. The Hall–Kier alpha value is -1.67. The second kappa shape index (κ2) is 7.15. The van der Waals surface area contributed by atoms with Crippen molar-refractivity contribution in [2.24, 2.45) is 5.92 Å². The number of benzene rings is 2. The third kappa shape index (κ3) is 3.71. The summed E-state index contributed by atoms with van der Waals surface area (Å²) in [5, 5.41) is 1.78. The zero-order valence-corrected chi connectivity index (χ0v) is 16.3. The maximum Gasteiger partial charge on any atom is 0.357 e. The molecule has 0 N–H and O–H groups in total. The van der Waals surface area contributed by atoms with Crippen molar-refractivity contribution in [1.29, 1.82) is 0 Å². The lowest BCUT2D eigenvalue weighted by molar-refractivity contribution is -0.0980. The van der Waals surface area contributed by atoms with Crippen LogP contribution in [0.3, 0.4) is 0 Å². The first-order valence-electron chi connectivity index (χ1n) is 8.65. The summed E-state index contributed by atoms with van der Waals surface area (Å²) >= 11 is 2.48. The van der Waals surface area contributed by atoms with Gasteiger partial charge >= 0.3 is 5.97 Å². The van der Waals surface area contributed by atoms with Gasteiger partial charge in [-0.3, -0.25) is 0 Å². The van der Waals surface area contributed by atoms with Crippen molar-refractivity contribution in [3.8, 4) is 5.75 Å². The van der Waals surface area contributed by atoms with Gasteiger partial charge in [0.25, 0.3) is 0 Å². The first kappa shape index (κ1) is 17.7. The number of nitrogens with zero attached hydrogens (tertiary/aromatic N) is 1. The summed E-state index contributed by atoms with van der Waals surface area (Å²) < 4.78 is 19.1. The highest BCUT2D eigenvalue weighted by molar-refractivity contribution is 14.1. The van der Waals surface area contributed by atoms with E-state index in [2.05, 4.69) is 22.6 Å². The highest BCUT2D eigenvalue weighted by Crippen LogP contribution is 2.49. The van der Waals surface area contributed by atoms with Gasteiger partial charge in [-0.2, -0.15) is 0 Å². The molecule has 1 aliphatic heterocycles. The Balaban J connectivity index is 1.34. The van der Waals surface area contributed by atoms with Gasteiger partial charge in [-0.15, -0.1) is 5.06 Å². The Morgan fingerprint density at radius 1 is 1.15 bits per heavy atom. The van der Waals surface area contributed by atoms with Gasteiger partial charge in [0.15, 0.2) is 0 Å². The van der Waals surface area contributed by atoms with E-state index in [0.717, 1.165) is 12.8 Å². The second-order valence-corrected chi connectivity index (χ2v) is 9.08. The van der Waals surface area contributed by atoms with Crippen LogP contribution in [0.15, 0.2) is 54.6 Å². The average Bonchev–Trinajstić information content (AvgIpc) is 3.08. The normalized spacial score (nSPS) is 27.9. The molecule has 1 aliphatic carbocycles. The summed E-state index contributed by atoms with van der Waals surface area (Å²) in [6.07, 6.45) is 1.89. The van der Waals surface area contributed by atoms with Crippen molar-refractivity contribution in [1.82, 2.24) is 5.06 Å². The predicted octanol–water partition coefficient (Wildman–Crippen LogP) is 4.24. The van der Waals surface area contributed by atoms with Crippen LogP contribution in [0.2, 0.25) is 0 Å². The molecule has 0 spiro atoms. The molecule has 1 heterocycles. The molecular weight excluding hydrogens is 448 g/mol. The van der Waals surface area contributed by atoms with Crippen molar-refractivity contribution in [2.75, 3.05) is 13.1 Å². The minimum Gasteiger partial charge on any atom is -0.490 e. The lowest BCUT2D eigenvalue weighted by Gasteiger charge is -2.22. The summed E-state index contributed by atoms with van der Waals surface area (Å²) in [7, 11) is 0. The van der Waals surface area contributed by atoms with E-state index in [1.807, 2.05) is 18.2 Å². The predicted molar refractivity (Wildman–Crippen MR) is 104 cm³/mol. The Labute approximate surface area is 165 Å². The van der Waals surface area contributed by atoms with E-state index >= 15 is 0 Å². The molecule has 1 saturated carbocycles. The van der Waals surface area contributed by atoms with Crippen molar-refractivity contribution >= 4 is 28.6 Å². The number of halogens is 2. The summed E-state index contributed by atoms with van der Waals surface area (Å²) in [5.74, 6) is 0.521. The Morgan fingerprint density at radius 2 is 1.88 bits per heavy atom. The molecule has 2 fully saturated rings. The molecule has 4 nitrogen and oxygen atoms in total. The highest BCUT2D eigenvalue weighted by atomic mass is 127. The summed E-state index contributed by atoms with van der Waals surface area (Å²) in [6.45, 7) is 1.41. The fourth-order valence-corrected chi connectivity index (χ4v) is 5.12. The van der Waals surface area contributed by atoms with Crippen LogP contribution in [-0.2, 0) is 4.84 Å². The van der Waals surface area contributed by atoms with Gasteiger partial charge in [0.1, 0.15) is 17.7 Å². The highest BCUT2D eigenvalue weighted by Gasteiger charge is 2.53. The lowest BCUT2D eigenvalue weighted by Crippen LogP contribution is -2.31. The Bertz CT molecular complexity index is 785. The van der Waals surface area contributed by atoms with Crippen molar-refractivity contribution in [3.05, 3.63) is 66.0 Å². The fourth-order valence-electron chi connectivity index (χ4n) is 3.80. The molecule has 3 atom stereocenters. The molecule has 1 unspecified atom stereocenters. The molecule has 26 heavy (non-hydrogen) atoms. The quantitative estimate of drug-likeness (QED) is 0.498. The van der Waals surface area contributed by atoms with Crippen molar-refractivity contribution in [3.63, 3.8) is 0 Å². The standard InChI is InChI=1S/C20H19FINO3/c21-16-6-8-17(9-7-16)25-18-10-15-12-23(13-20(15,22)11-18)26-19(24)14-4-2-1-3-5-14/h1-9,15,18H,10-13H2/t15-,18-,20?/m0/s1. The number of hydrogen-bond donors (Lipinski definition) is 0. The molecule has 1 saturated heterocycles. The first-order valence-corrected chi connectivity index (χ1v) is 9.73. The number of hydroxylamine groups is 2. The van der Waals surface area contributed by atoms with E-state index in [0.29, 0.717) is 30.3 Å². The van der Waals surface area contributed by atoms with E-state index in [9.17, 15) is 9.18 Å². The monoisotopic (exact) mass is 467 g/mol. The van der Waals surface area contributed by atoms with Gasteiger partial charge in [-0.1, -0.05) is 40.8 Å². The maximum absolute atomic E-state index is 13.0. The molecule has 0 aromatic heterocycles. The van der Waals surface area contributed by atoms with Crippen LogP contribution < -0.4 is 4.74 Å². The van der Waals surface area contributed by atoms with E-state index in [1.165, 1.54) is 12.1 Å². The summed E-state index contributed by atoms with van der Waals surface area (Å²) in [4.78, 5) is 17.8. The third-order valence-electron chi connectivity index (χ3n) is 5.05. The molecule has 0 amide bonds. The fraction of sp³-hybridized carbons (Fsp3) is 0.350. The molecular formula is C20H19FINO3. The van der Waals surface area contributed by atoms with Crippen LogP contribution in [0.25, 0.3) is 0 Å². The van der Waals surface area contributed by atoms with Crippen LogP contribution in [0, 0.1) is 11.7 Å². The largest absolute Gasteiger partial charge is 0.490 e. The van der Waals surface area contributed by atoms with Crippen LogP contribution in [0.4, 0.5) is 4.39 Å². The van der Waals surface area contributed by atoms with Gasteiger partial charge in [0.2, 0.25) is 0 Å². The molecule has 2 aromatic rings. The van der Waals surface area contributed by atoms with E-state index < -0.39 is 0 Å². The molecule has 0 radical (unpaired) electrons. The van der Waals surface area contributed by atoms with Gasteiger partial charge in [0.05, 0.1) is 5.56 Å². The molecule has 2 aromatic carbocycles. The average molecular weight is 467 g/mol. The Morgan fingerprint density at radius 3 is 2.58 bits per heavy atom. The second-order valence-electron chi connectivity index (χ2n) is 6.93. The minimum atomic E-state index is -0.315. The SMILES string of the molecule is O=C(ON1C[C@@H]2C[C@H](Oc3ccc(F)cc3)CC2(I)C1)c1ccccc1. The van der Waals surface area contributed by atoms with Gasteiger partial charge in [-0.25, -0.2) is 9.18 Å². The van der Waals surface area contributed by atoms with Crippen molar-refractivity contribution in [2.45, 2.75) is 22.4 Å². The number of fused-ring (bicyclic) bond motifs is 1. The molecule has 6 heteroatoms. The number of hydrogen-bond acceptors (Lipinski definition) is 4. The molecule has 136 valence electrons. The van der Waals surface area contributed by atoms with Gasteiger partial charge in [-0.05, 0) is 48.7 Å². The Kier molecular flexibility index (Phi) is 4.88. The number of carbonyl (C=O) groups excluding carboxylic acids is 1. The number of alkyl halides is 1. The van der Waals surface area contributed by atoms with Gasteiger partial charge < -0.3 is 9.57 Å². The summed E-state index contributed by atoms with van der Waals surface area (Å²) in [6, 6.07) is 15.2.